The molecule has 0 N–H and O–H groups in total. The van der Waals surface area contributed by atoms with Crippen molar-refractivity contribution < 1.29 is 13.2 Å². The summed E-state index contributed by atoms with van der Waals surface area (Å²) in [6.45, 7) is 0. The second-order valence-electron chi connectivity index (χ2n) is 9.53. The molecule has 44 heavy (non-hydrogen) atoms. The van der Waals surface area contributed by atoms with Crippen molar-refractivity contribution in [2.45, 2.75) is 0 Å². The van der Waals surface area contributed by atoms with Crippen molar-refractivity contribution >= 4 is 82.5 Å². The maximum atomic E-state index is 13.2. The normalized spacial score (nSPS) is 10.9. The molecule has 0 aliphatic heterocycles. The highest BCUT2D eigenvalue weighted by molar-refractivity contribution is 7.80. The van der Waals surface area contributed by atoms with Gasteiger partial charge in [0.05, 0.1) is 0 Å². The Morgan fingerprint density at radius 3 is 0.614 bits per heavy atom. The van der Waals surface area contributed by atoms with E-state index in [2.05, 4.69) is 36.4 Å². The highest BCUT2D eigenvalue weighted by Gasteiger charge is 2.18. The van der Waals surface area contributed by atoms with Gasteiger partial charge in [0.2, 0.25) is 0 Å². The van der Waals surface area contributed by atoms with Gasteiger partial charge < -0.3 is 0 Å². The summed E-state index contributed by atoms with van der Waals surface area (Å²) in [6, 6.07) is 42.8. The Morgan fingerprint density at radius 1 is 0.273 bits per heavy atom. The van der Waals surface area contributed by atoms with Crippen molar-refractivity contribution in [3.63, 3.8) is 0 Å². The van der Waals surface area contributed by atoms with Crippen molar-refractivity contribution in [1.82, 2.24) is 0 Å². The highest BCUT2D eigenvalue weighted by atomic mass is 35.5. The van der Waals surface area contributed by atoms with Crippen molar-refractivity contribution in [3.05, 3.63) is 178 Å². The van der Waals surface area contributed by atoms with Crippen LogP contribution in [0.5, 0.6) is 0 Å². The first-order valence-corrected chi connectivity index (χ1v) is 17.2. The van der Waals surface area contributed by atoms with Gasteiger partial charge in [-0.2, -0.15) is 0 Å². The number of rotatable bonds is 6. The van der Waals surface area contributed by atoms with Gasteiger partial charge in [0.1, 0.15) is 17.5 Å². The van der Waals surface area contributed by atoms with Crippen molar-refractivity contribution in [1.29, 1.82) is 0 Å². The summed E-state index contributed by atoms with van der Waals surface area (Å²) in [5.41, 5.74) is 0. The van der Waals surface area contributed by atoms with Gasteiger partial charge in [-0.3, -0.25) is 0 Å². The molecule has 8 heteroatoms. The standard InChI is InChI=1S/C18H12Cl3P.C18H12F3P/c2*19-13-1-7-16(8-2-13)22(17-9-3-14(20)4-10-17)18-11-5-15(21)6-12-18/h2*1-12H. The van der Waals surface area contributed by atoms with Crippen LogP contribution in [0.25, 0.3) is 0 Å². The van der Waals surface area contributed by atoms with Crippen LogP contribution in [-0.2, 0) is 0 Å². The van der Waals surface area contributed by atoms with E-state index in [-0.39, 0.29) is 17.5 Å². The molecule has 0 fully saturated rings. The molecule has 0 unspecified atom stereocenters. The third-order valence-electron chi connectivity index (χ3n) is 6.51. The van der Waals surface area contributed by atoms with Gasteiger partial charge in [-0.1, -0.05) is 108 Å². The molecule has 0 nitrogen and oxygen atoms in total. The lowest BCUT2D eigenvalue weighted by atomic mass is 10.3. The third-order valence-corrected chi connectivity index (χ3v) is 12.2. The molecule has 0 saturated carbocycles. The summed E-state index contributed by atoms with van der Waals surface area (Å²) < 4.78 is 39.5. The van der Waals surface area contributed by atoms with E-state index < -0.39 is 15.8 Å². The van der Waals surface area contributed by atoms with E-state index in [0.29, 0.717) is 0 Å². The smallest absolute Gasteiger partial charge is 0.123 e. The molecular formula is C36H24Cl3F3P2. The zero-order valence-corrected chi connectivity index (χ0v) is 27.1. The van der Waals surface area contributed by atoms with Crippen LogP contribution in [0.4, 0.5) is 13.2 Å². The van der Waals surface area contributed by atoms with Crippen LogP contribution in [0.1, 0.15) is 0 Å². The average Bonchev–Trinajstić information content (AvgIpc) is 3.03. The average molecular weight is 682 g/mol. The second-order valence-corrected chi connectivity index (χ2v) is 15.3. The summed E-state index contributed by atoms with van der Waals surface area (Å²) in [5, 5.41) is 8.72. The summed E-state index contributed by atoms with van der Waals surface area (Å²) in [7, 11) is -1.64. The Morgan fingerprint density at radius 2 is 0.432 bits per heavy atom. The van der Waals surface area contributed by atoms with Crippen LogP contribution in [0.15, 0.2) is 146 Å². The Labute approximate surface area is 272 Å². The van der Waals surface area contributed by atoms with Crippen LogP contribution >= 0.6 is 50.6 Å². The molecule has 6 aromatic carbocycles. The Kier molecular flexibility index (Phi) is 11.2. The molecule has 220 valence electrons. The van der Waals surface area contributed by atoms with Gasteiger partial charge in [-0.25, -0.2) is 13.2 Å². The SMILES string of the molecule is Clc1ccc(P(c2ccc(Cl)cc2)c2ccc(Cl)cc2)cc1.Fc1ccc(P(c2ccc(F)cc2)c2ccc(F)cc2)cc1. The molecular weight excluding hydrogens is 658 g/mol. The van der Waals surface area contributed by atoms with Crippen molar-refractivity contribution in [2.75, 3.05) is 0 Å². The number of hydrogen-bond donors (Lipinski definition) is 0. The molecule has 0 saturated heterocycles. The van der Waals surface area contributed by atoms with E-state index in [1.165, 1.54) is 52.3 Å². The summed E-state index contributed by atoms with van der Waals surface area (Å²) in [6.07, 6.45) is 0. The highest BCUT2D eigenvalue weighted by Crippen LogP contribution is 2.34. The zero-order valence-electron chi connectivity index (χ0n) is 23.0. The predicted molar refractivity (Wildman–Crippen MR) is 185 cm³/mol. The monoisotopic (exact) mass is 680 g/mol. The lowest BCUT2D eigenvalue weighted by Gasteiger charge is -2.19. The molecule has 0 aliphatic carbocycles. The first-order valence-electron chi connectivity index (χ1n) is 13.4. The van der Waals surface area contributed by atoms with Crippen LogP contribution in [-0.4, -0.2) is 0 Å². The fourth-order valence-electron chi connectivity index (χ4n) is 4.44. The molecule has 6 aromatic rings. The van der Waals surface area contributed by atoms with Gasteiger partial charge >= 0.3 is 0 Å². The second kappa shape index (κ2) is 15.2. The van der Waals surface area contributed by atoms with E-state index >= 15 is 0 Å². The van der Waals surface area contributed by atoms with Gasteiger partial charge in [-0.15, -0.1) is 0 Å². The molecule has 0 heterocycles. The van der Waals surface area contributed by atoms with Crippen molar-refractivity contribution in [2.24, 2.45) is 0 Å². The van der Waals surface area contributed by atoms with E-state index in [0.717, 1.165) is 31.0 Å². The minimum atomic E-state index is -0.983. The fourth-order valence-corrected chi connectivity index (χ4v) is 9.29. The lowest BCUT2D eigenvalue weighted by molar-refractivity contribution is 0.628. The molecule has 0 amide bonds. The van der Waals surface area contributed by atoms with E-state index in [4.69, 9.17) is 34.8 Å². The van der Waals surface area contributed by atoms with Crippen LogP contribution in [0, 0.1) is 17.5 Å². The Bertz CT molecular complexity index is 1430. The quantitative estimate of drug-likeness (QED) is 0.154. The van der Waals surface area contributed by atoms with E-state index in [9.17, 15) is 13.2 Å². The van der Waals surface area contributed by atoms with Gasteiger partial charge in [-0.05, 0) is 120 Å². The minimum Gasteiger partial charge on any atom is -0.207 e. The molecule has 0 aliphatic rings. The van der Waals surface area contributed by atoms with Crippen LogP contribution < -0.4 is 31.8 Å². The van der Waals surface area contributed by atoms with Gasteiger partial charge in [0, 0.05) is 15.1 Å². The Balaban J connectivity index is 0.000000175. The lowest BCUT2D eigenvalue weighted by Crippen LogP contribution is -2.20. The number of hydrogen-bond acceptors (Lipinski definition) is 0. The van der Waals surface area contributed by atoms with Crippen molar-refractivity contribution in [3.8, 4) is 0 Å². The molecule has 0 aromatic heterocycles. The third kappa shape index (κ3) is 8.51. The van der Waals surface area contributed by atoms with E-state index in [1.54, 1.807) is 36.4 Å². The topological polar surface area (TPSA) is 0 Å². The number of halogens is 6. The van der Waals surface area contributed by atoms with E-state index in [1.807, 2.05) is 36.4 Å². The maximum Gasteiger partial charge on any atom is 0.123 e. The Hall–Kier alpha value is -3.16. The summed E-state index contributed by atoms with van der Waals surface area (Å²) in [5.74, 6) is -0.925. The number of benzene rings is 6. The first kappa shape index (κ1) is 32.2. The zero-order chi connectivity index (χ0) is 31.1. The molecule has 0 atom stereocenters. The first-order chi connectivity index (χ1) is 21.3. The molecule has 0 spiro atoms. The molecule has 6 rings (SSSR count). The van der Waals surface area contributed by atoms with Gasteiger partial charge in [0.15, 0.2) is 0 Å². The molecule has 0 bridgehead atoms. The van der Waals surface area contributed by atoms with Crippen LogP contribution in [0.2, 0.25) is 15.1 Å². The minimum absolute atomic E-state index is 0.308. The van der Waals surface area contributed by atoms with Gasteiger partial charge in [0.25, 0.3) is 0 Å². The fraction of sp³-hybridized carbons (Fsp3) is 0. The summed E-state index contributed by atoms with van der Waals surface area (Å²) in [4.78, 5) is 0. The molecule has 0 radical (unpaired) electrons. The maximum absolute atomic E-state index is 13.2. The summed E-state index contributed by atoms with van der Waals surface area (Å²) >= 11 is 18.1. The largest absolute Gasteiger partial charge is 0.207 e. The van der Waals surface area contributed by atoms with Crippen LogP contribution in [0.3, 0.4) is 0 Å². The predicted octanol–water partition coefficient (Wildman–Crippen LogP) is 9.27.